The first-order valence-electron chi connectivity index (χ1n) is 14.3. The van der Waals surface area contributed by atoms with Crippen LogP contribution in [0.2, 0.25) is 5.02 Å². The molecule has 0 saturated carbocycles. The Balaban J connectivity index is 0.00000533. The van der Waals surface area contributed by atoms with Crippen molar-refractivity contribution in [2.45, 2.75) is 97.4 Å². The Kier molecular flexibility index (Phi) is 16.4. The van der Waals surface area contributed by atoms with Crippen molar-refractivity contribution in [3.05, 3.63) is 75.2 Å². The highest BCUT2D eigenvalue weighted by Gasteiger charge is 2.14. The van der Waals surface area contributed by atoms with E-state index in [2.05, 4.69) is 34.6 Å². The van der Waals surface area contributed by atoms with Crippen LogP contribution in [0.25, 0.3) is 0 Å². The number of nitrogens with one attached hydrogen (secondary N) is 1. The van der Waals surface area contributed by atoms with Gasteiger partial charge in [-0.05, 0) is 36.8 Å². The first-order chi connectivity index (χ1) is 18.6. The Morgan fingerprint density at radius 2 is 1.51 bits per heavy atom. The molecule has 214 valence electrons. The van der Waals surface area contributed by atoms with E-state index < -0.39 is 0 Å². The van der Waals surface area contributed by atoms with Crippen molar-refractivity contribution in [3.8, 4) is 5.75 Å². The molecule has 0 aliphatic rings. The van der Waals surface area contributed by atoms with Crippen molar-refractivity contribution in [1.82, 2.24) is 0 Å². The summed E-state index contributed by atoms with van der Waals surface area (Å²) in [5.41, 5.74) is 5.80. The van der Waals surface area contributed by atoms with E-state index >= 15 is 0 Å². The van der Waals surface area contributed by atoms with Crippen molar-refractivity contribution in [2.75, 3.05) is 11.9 Å². The molecule has 3 aromatic rings. The molecule has 0 radical (unpaired) electrons. The monoisotopic (exact) mass is 634 g/mol. The number of nitrogens with zero attached hydrogens (tertiary/aromatic N) is 1. The van der Waals surface area contributed by atoms with Gasteiger partial charge in [0.25, 0.3) is 5.91 Å². The molecule has 1 N–H and O–H groups in total. The number of hydrogen-bond donors (Lipinski definition) is 1. The third-order valence-corrected chi connectivity index (χ3v) is 7.98. The maximum absolute atomic E-state index is 13.0. The number of unbranched alkanes of at least 4 members (excludes halogenated alkanes) is 11. The number of hydrogen-bond acceptors (Lipinski definition) is 3. The lowest BCUT2D eigenvalue weighted by Gasteiger charge is -2.13. The van der Waals surface area contributed by atoms with Crippen molar-refractivity contribution in [1.29, 1.82) is 0 Å². The van der Waals surface area contributed by atoms with Gasteiger partial charge in [0.15, 0.2) is 12.2 Å². The minimum absolute atomic E-state index is 0. The van der Waals surface area contributed by atoms with Gasteiger partial charge in [-0.15, -0.1) is 0 Å². The molecule has 0 spiro atoms. The van der Waals surface area contributed by atoms with Gasteiger partial charge in [-0.1, -0.05) is 113 Å². The number of carbonyl (C=O) groups is 1. The number of rotatable bonds is 18. The molecule has 0 aliphatic carbocycles. The second-order valence-corrected chi connectivity index (χ2v) is 11.3. The summed E-state index contributed by atoms with van der Waals surface area (Å²) in [6.07, 6.45) is 15.6. The summed E-state index contributed by atoms with van der Waals surface area (Å²) in [7, 11) is 0. The van der Waals surface area contributed by atoms with Gasteiger partial charge in [0.2, 0.25) is 5.51 Å². The molecule has 4 nitrogen and oxygen atoms in total. The molecule has 0 unspecified atom stereocenters. The fourth-order valence-corrected chi connectivity index (χ4v) is 5.48. The summed E-state index contributed by atoms with van der Waals surface area (Å²) in [5, 5.41) is 5.70. The van der Waals surface area contributed by atoms with Crippen LogP contribution in [-0.4, -0.2) is 12.5 Å². The second kappa shape index (κ2) is 19.2. The number of thiazole rings is 1. The van der Waals surface area contributed by atoms with Crippen LogP contribution >= 0.6 is 22.9 Å². The Hall–Kier alpha value is -1.89. The van der Waals surface area contributed by atoms with Crippen LogP contribution < -0.4 is 31.6 Å². The highest BCUT2D eigenvalue weighted by molar-refractivity contribution is 7.07. The zero-order valence-electron chi connectivity index (χ0n) is 23.5. The highest BCUT2D eigenvalue weighted by atomic mass is 79.9. The lowest BCUT2D eigenvalue weighted by atomic mass is 10.1. The Morgan fingerprint density at radius 1 is 0.897 bits per heavy atom. The van der Waals surface area contributed by atoms with Crippen molar-refractivity contribution < 1.29 is 31.1 Å². The van der Waals surface area contributed by atoms with Crippen LogP contribution in [0.5, 0.6) is 5.75 Å². The van der Waals surface area contributed by atoms with Gasteiger partial charge >= 0.3 is 0 Å². The van der Waals surface area contributed by atoms with Gasteiger partial charge < -0.3 is 27.0 Å². The third kappa shape index (κ3) is 12.4. The molecule has 3 rings (SSSR count). The molecule has 2 aromatic carbocycles. The smallest absolute Gasteiger partial charge is 0.259 e. The predicted octanol–water partition coefficient (Wildman–Crippen LogP) is 6.38. The maximum Gasteiger partial charge on any atom is 0.259 e. The van der Waals surface area contributed by atoms with E-state index in [9.17, 15) is 4.79 Å². The second-order valence-electron chi connectivity index (χ2n) is 10.2. The fraction of sp³-hybridized carbons (Fsp3) is 0.500. The molecular formula is C32H44BrClN2O2S. The number of aromatic nitrogens is 1. The van der Waals surface area contributed by atoms with E-state index in [1.54, 1.807) is 29.5 Å². The number of amides is 1. The molecule has 0 aliphatic heterocycles. The zero-order chi connectivity index (χ0) is 27.0. The fourth-order valence-electron chi connectivity index (χ4n) is 4.53. The summed E-state index contributed by atoms with van der Waals surface area (Å²) in [4.78, 5) is 13.0. The molecule has 39 heavy (non-hydrogen) atoms. The SMILES string of the molecule is CCCCCCCCCCCCCCOc1cc(Cl)ccc1C(=O)Nc1ccc(C[n+]2cscc2C)cc1.[Br-]. The van der Waals surface area contributed by atoms with E-state index in [4.69, 9.17) is 16.3 Å². The molecule has 1 aromatic heterocycles. The Bertz CT molecular complexity index is 1100. The molecular weight excluding hydrogens is 592 g/mol. The van der Waals surface area contributed by atoms with Gasteiger partial charge in [-0.25, -0.2) is 0 Å². The lowest BCUT2D eigenvalue weighted by molar-refractivity contribution is -0.689. The number of carbonyl (C=O) groups excluding carboxylic acids is 1. The Labute approximate surface area is 254 Å². The maximum atomic E-state index is 13.0. The molecule has 0 bridgehead atoms. The van der Waals surface area contributed by atoms with Crippen LogP contribution in [0.1, 0.15) is 106 Å². The van der Waals surface area contributed by atoms with Gasteiger partial charge in [-0.3, -0.25) is 4.79 Å². The normalized spacial score (nSPS) is 10.7. The molecule has 7 heteroatoms. The number of anilines is 1. The van der Waals surface area contributed by atoms with E-state index in [0.29, 0.717) is 22.9 Å². The first kappa shape index (κ1) is 33.3. The van der Waals surface area contributed by atoms with E-state index in [1.165, 1.54) is 75.5 Å². The predicted molar refractivity (Wildman–Crippen MR) is 161 cm³/mol. The topological polar surface area (TPSA) is 42.2 Å². The standard InChI is InChI=1S/C32H43ClN2O2S.BrH/c1-3-4-5-6-7-8-9-10-11-12-13-14-21-37-31-22-28(33)17-20-30(31)32(36)34-29-18-15-27(16-19-29)23-35-25-38-24-26(35)2;/h15-20,22,24-25H,3-14,21,23H2,1-2H3;1H. The quantitative estimate of drug-likeness (QED) is 0.130. The summed E-state index contributed by atoms with van der Waals surface area (Å²) < 4.78 is 8.22. The van der Waals surface area contributed by atoms with Crippen LogP contribution in [0.15, 0.2) is 53.4 Å². The zero-order valence-corrected chi connectivity index (χ0v) is 26.7. The van der Waals surface area contributed by atoms with Crippen LogP contribution in [0, 0.1) is 6.92 Å². The van der Waals surface area contributed by atoms with E-state index in [1.807, 2.05) is 24.3 Å². The highest BCUT2D eigenvalue weighted by Crippen LogP contribution is 2.25. The van der Waals surface area contributed by atoms with Crippen LogP contribution in [-0.2, 0) is 6.54 Å². The number of aryl methyl sites for hydroxylation is 1. The summed E-state index contributed by atoms with van der Waals surface area (Å²) in [6.45, 7) is 5.78. The molecule has 0 saturated heterocycles. The summed E-state index contributed by atoms with van der Waals surface area (Å²) in [5.74, 6) is 0.348. The number of halogens is 2. The average Bonchev–Trinajstić information content (AvgIpc) is 3.32. The molecule has 0 fully saturated rings. The van der Waals surface area contributed by atoms with Gasteiger partial charge in [0, 0.05) is 23.2 Å². The van der Waals surface area contributed by atoms with Crippen molar-refractivity contribution >= 4 is 34.5 Å². The van der Waals surface area contributed by atoms with Gasteiger partial charge in [0.05, 0.1) is 17.6 Å². The van der Waals surface area contributed by atoms with Crippen molar-refractivity contribution in [2.24, 2.45) is 0 Å². The van der Waals surface area contributed by atoms with Crippen molar-refractivity contribution in [3.63, 3.8) is 0 Å². The summed E-state index contributed by atoms with van der Waals surface area (Å²) in [6, 6.07) is 13.2. The van der Waals surface area contributed by atoms with Crippen LogP contribution in [0.3, 0.4) is 0 Å². The molecule has 1 heterocycles. The number of benzene rings is 2. The van der Waals surface area contributed by atoms with Gasteiger partial charge in [-0.2, -0.15) is 4.57 Å². The molecule has 0 atom stereocenters. The minimum Gasteiger partial charge on any atom is -1.00 e. The molecule has 1 amide bonds. The van der Waals surface area contributed by atoms with E-state index in [-0.39, 0.29) is 22.9 Å². The lowest BCUT2D eigenvalue weighted by Crippen LogP contribution is -3.00. The largest absolute Gasteiger partial charge is 1.00 e. The van der Waals surface area contributed by atoms with E-state index in [0.717, 1.165) is 25.1 Å². The first-order valence-corrected chi connectivity index (χ1v) is 15.6. The van der Waals surface area contributed by atoms with Crippen LogP contribution in [0.4, 0.5) is 5.69 Å². The number of ether oxygens (including phenoxy) is 1. The summed E-state index contributed by atoms with van der Waals surface area (Å²) >= 11 is 7.91. The Morgan fingerprint density at radius 3 is 2.10 bits per heavy atom. The average molecular weight is 636 g/mol. The third-order valence-electron chi connectivity index (χ3n) is 6.89. The minimum atomic E-state index is -0.192. The van der Waals surface area contributed by atoms with Gasteiger partial charge in [0.1, 0.15) is 5.75 Å².